The maximum Gasteiger partial charge on any atom is 0.305 e. The predicted octanol–water partition coefficient (Wildman–Crippen LogP) is -0.718. The summed E-state index contributed by atoms with van der Waals surface area (Å²) in [5.41, 5.74) is 5.14. The molecule has 0 saturated heterocycles. The van der Waals surface area contributed by atoms with Crippen molar-refractivity contribution in [2.24, 2.45) is 5.73 Å². The number of aliphatic carboxylic acids is 1. The van der Waals surface area contributed by atoms with E-state index in [1.807, 2.05) is 0 Å². The maximum absolute atomic E-state index is 10.7. The second-order valence-corrected chi connectivity index (χ2v) is 2.06. The van der Waals surface area contributed by atoms with Gasteiger partial charge in [-0.15, -0.1) is 0 Å². The van der Waals surface area contributed by atoms with Gasteiger partial charge in [0.05, 0.1) is 19.1 Å². The number of ketones is 1. The molecule has 63 valence electrons. The quantitative estimate of drug-likeness (QED) is 0.492. The molecule has 0 fully saturated rings. The summed E-state index contributed by atoms with van der Waals surface area (Å²) in [5, 5.41) is 16.4. The molecule has 1 atom stereocenters. The largest absolute Gasteiger partial charge is 0.481 e. The number of aliphatic hydroxyl groups is 1. The van der Waals surface area contributed by atoms with Gasteiger partial charge in [0, 0.05) is 6.42 Å². The summed E-state index contributed by atoms with van der Waals surface area (Å²) in [4.78, 5) is 20.7. The molecule has 0 amide bonds. The third-order valence-corrected chi connectivity index (χ3v) is 1.10. The molecule has 0 aromatic heterocycles. The minimum absolute atomic E-state index is 0.200. The lowest BCUT2D eigenvalue weighted by atomic mass is 10.1. The Morgan fingerprint density at radius 2 is 2.09 bits per heavy atom. The smallest absolute Gasteiger partial charge is 0.305 e. The minimum Gasteiger partial charge on any atom is -0.481 e. The molecule has 11 heavy (non-hydrogen) atoms. The number of carboxylic acid groups (broad SMARTS) is 1. The highest BCUT2D eigenvalue weighted by atomic mass is 16.4. The van der Waals surface area contributed by atoms with Crippen LogP contribution in [-0.4, -0.2) is 28.0 Å². The van der Waals surface area contributed by atoms with E-state index >= 15 is 0 Å². The molecule has 0 aliphatic heterocycles. The summed E-state index contributed by atoms with van der Waals surface area (Å²) in [6, 6.07) is -1.02. The van der Waals surface area contributed by atoms with Crippen LogP contribution in [-0.2, 0) is 9.59 Å². The highest BCUT2D eigenvalue weighted by Gasteiger charge is 2.15. The fourth-order valence-corrected chi connectivity index (χ4v) is 0.543. The normalized spacial score (nSPS) is 12.5. The fraction of sp³-hybridized carbons (Fsp3) is 0.500. The Morgan fingerprint density at radius 3 is 2.45 bits per heavy atom. The van der Waals surface area contributed by atoms with Crippen LogP contribution < -0.4 is 5.73 Å². The van der Waals surface area contributed by atoms with Crippen LogP contribution in [0, 0.1) is 6.61 Å². The third kappa shape index (κ3) is 4.46. The van der Waals surface area contributed by atoms with Crippen LogP contribution in [0.15, 0.2) is 0 Å². The van der Waals surface area contributed by atoms with Crippen molar-refractivity contribution in [3.8, 4) is 0 Å². The van der Waals surface area contributed by atoms with Crippen LogP contribution in [0.25, 0.3) is 0 Å². The van der Waals surface area contributed by atoms with E-state index in [1.54, 1.807) is 0 Å². The zero-order valence-electron chi connectivity index (χ0n) is 5.86. The van der Waals surface area contributed by atoms with Gasteiger partial charge < -0.3 is 15.9 Å². The van der Waals surface area contributed by atoms with Gasteiger partial charge in [0.25, 0.3) is 0 Å². The van der Waals surface area contributed by atoms with Gasteiger partial charge in [-0.2, -0.15) is 0 Å². The van der Waals surface area contributed by atoms with E-state index in [-0.39, 0.29) is 6.42 Å². The number of Topliss-reactive ketones (excluding diaryl/α,β-unsaturated/α-hetero) is 1. The van der Waals surface area contributed by atoms with Gasteiger partial charge in [-0.25, -0.2) is 0 Å². The molecule has 0 aromatic carbocycles. The van der Waals surface area contributed by atoms with Gasteiger partial charge in [0.1, 0.15) is 0 Å². The number of carboxylic acids is 1. The molecule has 0 aromatic rings. The molecule has 0 rings (SSSR count). The fourth-order valence-electron chi connectivity index (χ4n) is 0.543. The molecule has 0 aliphatic rings. The molecular formula is C6H10NO4. The first-order valence-corrected chi connectivity index (χ1v) is 3.04. The van der Waals surface area contributed by atoms with Gasteiger partial charge in [-0.1, -0.05) is 0 Å². The van der Waals surface area contributed by atoms with E-state index in [9.17, 15) is 9.59 Å². The number of nitrogens with two attached hydrogens (primary N) is 1. The summed E-state index contributed by atoms with van der Waals surface area (Å²) in [6.07, 6.45) is -0.596. The lowest BCUT2D eigenvalue weighted by Gasteiger charge is -2.04. The van der Waals surface area contributed by atoms with Crippen molar-refractivity contribution in [1.29, 1.82) is 0 Å². The Kier molecular flexibility index (Phi) is 4.40. The highest BCUT2D eigenvalue weighted by Crippen LogP contribution is 1.95. The van der Waals surface area contributed by atoms with Crippen molar-refractivity contribution < 1.29 is 19.8 Å². The molecule has 5 nitrogen and oxygen atoms in total. The van der Waals surface area contributed by atoms with Crippen LogP contribution in [0.5, 0.6) is 0 Å². The summed E-state index contributed by atoms with van der Waals surface area (Å²) >= 11 is 0. The minimum atomic E-state index is -1.12. The third-order valence-electron chi connectivity index (χ3n) is 1.10. The standard InChI is InChI=1S/C6H10NO4/c7-4(3-6(10)11)5(9)1-2-8/h2,4,8H,1,3,7H2,(H,10,11)/t4-/m1/s1. The second kappa shape index (κ2) is 4.81. The second-order valence-electron chi connectivity index (χ2n) is 2.06. The van der Waals surface area contributed by atoms with Gasteiger partial charge in [-0.05, 0) is 0 Å². The molecule has 0 unspecified atom stereocenters. The molecule has 0 heterocycles. The maximum atomic E-state index is 10.7. The zero-order valence-corrected chi connectivity index (χ0v) is 5.86. The number of aliphatic hydroxyl groups excluding tert-OH is 1. The molecular weight excluding hydrogens is 150 g/mol. The van der Waals surface area contributed by atoms with Gasteiger partial charge in [0.15, 0.2) is 5.78 Å². The van der Waals surface area contributed by atoms with Crippen molar-refractivity contribution in [3.05, 3.63) is 6.61 Å². The monoisotopic (exact) mass is 160 g/mol. The molecule has 0 aliphatic carbocycles. The molecule has 1 radical (unpaired) electrons. The van der Waals surface area contributed by atoms with E-state index in [0.29, 0.717) is 6.61 Å². The first kappa shape index (κ1) is 10.1. The Morgan fingerprint density at radius 1 is 1.55 bits per heavy atom. The van der Waals surface area contributed by atoms with Crippen molar-refractivity contribution >= 4 is 11.8 Å². The first-order chi connectivity index (χ1) is 5.07. The van der Waals surface area contributed by atoms with E-state index in [0.717, 1.165) is 0 Å². The van der Waals surface area contributed by atoms with Crippen molar-refractivity contribution in [1.82, 2.24) is 0 Å². The van der Waals surface area contributed by atoms with Gasteiger partial charge >= 0.3 is 5.97 Å². The number of hydrogen-bond donors (Lipinski definition) is 3. The zero-order chi connectivity index (χ0) is 8.85. The van der Waals surface area contributed by atoms with Crippen LogP contribution in [0.2, 0.25) is 0 Å². The average Bonchev–Trinajstić information content (AvgIpc) is 1.86. The number of carbonyl (C=O) groups excluding carboxylic acids is 1. The van der Waals surface area contributed by atoms with Crippen LogP contribution in [0.4, 0.5) is 0 Å². The number of hydrogen-bond acceptors (Lipinski definition) is 4. The SMILES string of the molecule is N[C@H](CC(=O)O)C(=O)C[CH]O. The summed E-state index contributed by atoms with van der Waals surface area (Å²) in [5.74, 6) is -1.60. The Balaban J connectivity index is 3.73. The first-order valence-electron chi connectivity index (χ1n) is 3.04. The lowest BCUT2D eigenvalue weighted by Crippen LogP contribution is -2.32. The Hall–Kier alpha value is -0.940. The summed E-state index contributed by atoms with van der Waals surface area (Å²) < 4.78 is 0. The highest BCUT2D eigenvalue weighted by molar-refractivity contribution is 5.88. The van der Waals surface area contributed by atoms with Crippen molar-refractivity contribution in [2.45, 2.75) is 18.9 Å². The van der Waals surface area contributed by atoms with E-state index < -0.39 is 24.2 Å². The average molecular weight is 160 g/mol. The van der Waals surface area contributed by atoms with Crippen LogP contribution in [0.3, 0.4) is 0 Å². The predicted molar refractivity (Wildman–Crippen MR) is 36.1 cm³/mol. The lowest BCUT2D eigenvalue weighted by molar-refractivity contribution is -0.139. The number of carbonyl (C=O) groups is 2. The summed E-state index contributed by atoms with van der Waals surface area (Å²) in [6.45, 7) is 0.657. The number of rotatable bonds is 5. The van der Waals surface area contributed by atoms with E-state index in [2.05, 4.69) is 0 Å². The molecule has 5 heteroatoms. The van der Waals surface area contributed by atoms with Gasteiger partial charge in [-0.3, -0.25) is 9.59 Å². The van der Waals surface area contributed by atoms with Crippen molar-refractivity contribution in [2.75, 3.05) is 0 Å². The van der Waals surface area contributed by atoms with Gasteiger partial charge in [0.2, 0.25) is 0 Å². The van der Waals surface area contributed by atoms with E-state index in [1.165, 1.54) is 0 Å². The van der Waals surface area contributed by atoms with Crippen molar-refractivity contribution in [3.63, 3.8) is 0 Å². The Bertz CT molecular complexity index is 157. The molecule has 4 N–H and O–H groups in total. The molecule has 0 spiro atoms. The van der Waals surface area contributed by atoms with Crippen LogP contribution >= 0.6 is 0 Å². The molecule has 0 bridgehead atoms. The Labute approximate surface area is 63.8 Å². The topological polar surface area (TPSA) is 101 Å². The summed E-state index contributed by atoms with van der Waals surface area (Å²) in [7, 11) is 0. The molecule has 0 saturated carbocycles. The van der Waals surface area contributed by atoms with E-state index in [4.69, 9.17) is 15.9 Å². The van der Waals surface area contributed by atoms with Crippen LogP contribution in [0.1, 0.15) is 12.8 Å².